The van der Waals surface area contributed by atoms with Gasteiger partial charge in [0, 0.05) is 50.6 Å². The van der Waals surface area contributed by atoms with Crippen molar-refractivity contribution in [3.8, 4) is 5.75 Å². The molecule has 178 valence electrons. The summed E-state index contributed by atoms with van der Waals surface area (Å²) in [6.45, 7) is 3.99. The zero-order chi connectivity index (χ0) is 23.4. The molecule has 0 bridgehead atoms. The Morgan fingerprint density at radius 2 is 1.52 bits per heavy atom. The van der Waals surface area contributed by atoms with Gasteiger partial charge in [-0.2, -0.15) is 13.2 Å². The predicted molar refractivity (Wildman–Crippen MR) is 120 cm³/mol. The monoisotopic (exact) mass is 464 g/mol. The smallest absolute Gasteiger partial charge is 0.418 e. The minimum absolute atomic E-state index is 0.234. The molecule has 2 aliphatic heterocycles. The maximum Gasteiger partial charge on any atom is 0.418 e. The molecule has 2 fully saturated rings. The molecule has 10 heteroatoms. The van der Waals surface area contributed by atoms with E-state index < -0.39 is 17.8 Å². The van der Waals surface area contributed by atoms with Gasteiger partial charge in [0.15, 0.2) is 0 Å². The third-order valence-corrected chi connectivity index (χ3v) is 5.93. The highest BCUT2D eigenvalue weighted by Crippen LogP contribution is 2.37. The highest BCUT2D eigenvalue weighted by atomic mass is 19.4. The number of nitrogens with one attached hydrogen (secondary N) is 1. The van der Waals surface area contributed by atoms with Gasteiger partial charge in [-0.25, -0.2) is 4.79 Å². The lowest BCUT2D eigenvalue weighted by Crippen LogP contribution is -2.50. The van der Waals surface area contributed by atoms with Crippen molar-refractivity contribution in [2.75, 3.05) is 74.7 Å². The predicted octanol–water partition coefficient (Wildman–Crippen LogP) is 3.90. The van der Waals surface area contributed by atoms with E-state index in [1.807, 2.05) is 29.2 Å². The summed E-state index contributed by atoms with van der Waals surface area (Å²) in [5.74, 6) is 0.761. The molecule has 33 heavy (non-hydrogen) atoms. The number of alkyl halides is 3. The van der Waals surface area contributed by atoms with Crippen LogP contribution in [0.4, 0.5) is 35.0 Å². The van der Waals surface area contributed by atoms with E-state index in [2.05, 4.69) is 10.2 Å². The van der Waals surface area contributed by atoms with Gasteiger partial charge in [-0.3, -0.25) is 0 Å². The number of rotatable bonds is 4. The summed E-state index contributed by atoms with van der Waals surface area (Å²) in [4.78, 5) is 18.3. The maximum absolute atomic E-state index is 13.8. The van der Waals surface area contributed by atoms with Gasteiger partial charge in [0.05, 0.1) is 31.6 Å². The van der Waals surface area contributed by atoms with Crippen molar-refractivity contribution in [3.63, 3.8) is 0 Å². The van der Waals surface area contributed by atoms with Crippen LogP contribution in [-0.2, 0) is 10.9 Å². The van der Waals surface area contributed by atoms with E-state index in [0.29, 0.717) is 58.2 Å². The van der Waals surface area contributed by atoms with Crippen molar-refractivity contribution < 1.29 is 27.4 Å². The highest BCUT2D eigenvalue weighted by Gasteiger charge is 2.35. The van der Waals surface area contributed by atoms with E-state index in [1.54, 1.807) is 13.2 Å². The number of piperazine rings is 1. The molecule has 0 saturated carbocycles. The molecule has 0 spiro atoms. The highest BCUT2D eigenvalue weighted by molar-refractivity contribution is 5.91. The van der Waals surface area contributed by atoms with Crippen LogP contribution in [0.25, 0.3) is 0 Å². The third kappa shape index (κ3) is 5.44. The fraction of sp³-hybridized carbons (Fsp3) is 0.435. The van der Waals surface area contributed by atoms with Crippen LogP contribution >= 0.6 is 0 Å². The second-order valence-corrected chi connectivity index (χ2v) is 7.93. The molecule has 0 aromatic heterocycles. The van der Waals surface area contributed by atoms with Crippen LogP contribution in [0.15, 0.2) is 42.5 Å². The first kappa shape index (κ1) is 23.0. The molecule has 2 heterocycles. The Balaban J connectivity index is 1.41. The van der Waals surface area contributed by atoms with Crippen molar-refractivity contribution in [3.05, 3.63) is 48.0 Å². The fourth-order valence-electron chi connectivity index (χ4n) is 4.05. The maximum atomic E-state index is 13.8. The van der Waals surface area contributed by atoms with Gasteiger partial charge in [-0.05, 0) is 42.5 Å². The van der Waals surface area contributed by atoms with E-state index in [1.165, 1.54) is 11.0 Å². The zero-order valence-electron chi connectivity index (χ0n) is 18.4. The summed E-state index contributed by atoms with van der Waals surface area (Å²) in [7, 11) is 1.60. The van der Waals surface area contributed by atoms with Crippen molar-refractivity contribution in [1.82, 2.24) is 4.90 Å². The van der Waals surface area contributed by atoms with Crippen LogP contribution in [-0.4, -0.2) is 70.5 Å². The van der Waals surface area contributed by atoms with Crippen LogP contribution in [0.5, 0.6) is 5.75 Å². The minimum atomic E-state index is -4.59. The Morgan fingerprint density at radius 1 is 0.909 bits per heavy atom. The molecular formula is C23H27F3N4O3. The Kier molecular flexibility index (Phi) is 6.83. The average Bonchev–Trinajstić information content (AvgIpc) is 2.84. The number of morpholine rings is 1. The lowest BCUT2D eigenvalue weighted by atomic mass is 10.1. The van der Waals surface area contributed by atoms with Gasteiger partial charge in [0.2, 0.25) is 0 Å². The molecule has 2 aliphatic rings. The molecular weight excluding hydrogens is 437 g/mol. The quantitative estimate of drug-likeness (QED) is 0.744. The first-order chi connectivity index (χ1) is 15.8. The van der Waals surface area contributed by atoms with E-state index in [4.69, 9.17) is 9.47 Å². The first-order valence-corrected chi connectivity index (χ1v) is 10.8. The number of urea groups is 1. The fourth-order valence-corrected chi connectivity index (χ4v) is 4.05. The molecule has 4 rings (SSSR count). The van der Waals surface area contributed by atoms with Crippen molar-refractivity contribution >= 4 is 23.1 Å². The standard InChI is InChI=1S/C23H27F3N4O3/c1-32-19-5-2-17(3-6-19)28-8-10-30(11-9-28)22(31)27-21-7-4-18(16-20(21)23(24,25)26)29-12-14-33-15-13-29/h2-7,16H,8-15H2,1H3,(H,27,31). The largest absolute Gasteiger partial charge is 0.497 e. The van der Waals surface area contributed by atoms with Crippen molar-refractivity contribution in [2.45, 2.75) is 6.18 Å². The van der Waals surface area contributed by atoms with Crippen molar-refractivity contribution in [1.29, 1.82) is 0 Å². The van der Waals surface area contributed by atoms with Crippen LogP contribution in [0, 0.1) is 0 Å². The average molecular weight is 464 g/mol. The summed E-state index contributed by atoms with van der Waals surface area (Å²) in [6.07, 6.45) is -4.59. The second-order valence-electron chi connectivity index (χ2n) is 7.93. The second kappa shape index (κ2) is 9.78. The molecule has 2 saturated heterocycles. The number of anilines is 3. The number of nitrogens with zero attached hydrogens (tertiary/aromatic N) is 3. The van der Waals surface area contributed by atoms with Crippen LogP contribution < -0.4 is 19.9 Å². The van der Waals surface area contributed by atoms with Gasteiger partial charge >= 0.3 is 12.2 Å². The SMILES string of the molecule is COc1ccc(N2CCN(C(=O)Nc3ccc(N4CCOCC4)cc3C(F)(F)F)CC2)cc1. The number of ether oxygens (including phenoxy) is 2. The Bertz CT molecular complexity index is 954. The summed E-state index contributed by atoms with van der Waals surface area (Å²) in [5, 5.41) is 2.48. The molecule has 0 radical (unpaired) electrons. The minimum Gasteiger partial charge on any atom is -0.497 e. The Hall–Kier alpha value is -3.14. The summed E-state index contributed by atoms with van der Waals surface area (Å²) in [6, 6.07) is 11.1. The molecule has 0 unspecified atom stereocenters. The van der Waals surface area contributed by atoms with Crippen molar-refractivity contribution in [2.24, 2.45) is 0 Å². The van der Waals surface area contributed by atoms with Gasteiger partial charge < -0.3 is 29.5 Å². The molecule has 7 nitrogen and oxygen atoms in total. The number of hydrogen-bond acceptors (Lipinski definition) is 5. The number of amides is 2. The summed E-state index contributed by atoms with van der Waals surface area (Å²) < 4.78 is 51.7. The summed E-state index contributed by atoms with van der Waals surface area (Å²) >= 11 is 0. The summed E-state index contributed by atoms with van der Waals surface area (Å²) in [5.41, 5.74) is 0.393. The number of methoxy groups -OCH3 is 1. The number of halogens is 3. The lowest BCUT2D eigenvalue weighted by Gasteiger charge is -2.36. The zero-order valence-corrected chi connectivity index (χ0v) is 18.4. The van der Waals surface area contributed by atoms with E-state index in [-0.39, 0.29) is 5.69 Å². The van der Waals surface area contributed by atoms with E-state index in [9.17, 15) is 18.0 Å². The van der Waals surface area contributed by atoms with Gasteiger partial charge in [0.1, 0.15) is 5.75 Å². The topological polar surface area (TPSA) is 57.3 Å². The molecule has 2 aromatic rings. The normalized spacial score (nSPS) is 17.2. The van der Waals surface area contributed by atoms with E-state index in [0.717, 1.165) is 17.5 Å². The lowest BCUT2D eigenvalue weighted by molar-refractivity contribution is -0.136. The first-order valence-electron chi connectivity index (χ1n) is 10.8. The van der Waals surface area contributed by atoms with Gasteiger partial charge in [0.25, 0.3) is 0 Å². The van der Waals surface area contributed by atoms with Crippen LogP contribution in [0.2, 0.25) is 0 Å². The molecule has 2 aromatic carbocycles. The number of carbonyl (C=O) groups excluding carboxylic acids is 1. The van der Waals surface area contributed by atoms with Gasteiger partial charge in [-0.1, -0.05) is 0 Å². The van der Waals surface area contributed by atoms with Crippen LogP contribution in [0.1, 0.15) is 5.56 Å². The molecule has 2 amide bonds. The number of hydrogen-bond donors (Lipinski definition) is 1. The third-order valence-electron chi connectivity index (χ3n) is 5.93. The molecule has 1 N–H and O–H groups in total. The Labute approximate surface area is 190 Å². The number of benzene rings is 2. The number of carbonyl (C=O) groups is 1. The van der Waals surface area contributed by atoms with Crippen LogP contribution in [0.3, 0.4) is 0 Å². The Morgan fingerprint density at radius 3 is 2.12 bits per heavy atom. The van der Waals surface area contributed by atoms with Gasteiger partial charge in [-0.15, -0.1) is 0 Å². The molecule has 0 aliphatic carbocycles. The van der Waals surface area contributed by atoms with E-state index >= 15 is 0 Å². The molecule has 0 atom stereocenters.